The monoisotopic (exact) mass is 199 g/mol. The Labute approximate surface area is 80.8 Å². The first-order valence-electron chi connectivity index (χ1n) is 4.08. The molecule has 0 aliphatic heterocycles. The summed E-state index contributed by atoms with van der Waals surface area (Å²) in [6.45, 7) is 3.75. The van der Waals surface area contributed by atoms with Crippen molar-refractivity contribution < 1.29 is 8.76 Å². The number of rotatable bonds is 3. The second kappa shape index (κ2) is 4.39. The van der Waals surface area contributed by atoms with Crippen LogP contribution >= 0.6 is 0 Å². The number of anilines is 1. The highest BCUT2D eigenvalue weighted by molar-refractivity contribution is 7.80. The van der Waals surface area contributed by atoms with E-state index >= 15 is 0 Å². The summed E-state index contributed by atoms with van der Waals surface area (Å²) >= 11 is -1.95. The zero-order valence-corrected chi connectivity index (χ0v) is 8.49. The quantitative estimate of drug-likeness (QED) is 0.757. The molecule has 0 amide bonds. The summed E-state index contributed by atoms with van der Waals surface area (Å²) in [7, 11) is 0. The molecule has 0 heterocycles. The first-order chi connectivity index (χ1) is 6.13. The van der Waals surface area contributed by atoms with Crippen molar-refractivity contribution in [3.63, 3.8) is 0 Å². The van der Waals surface area contributed by atoms with Gasteiger partial charge in [-0.2, -0.15) is 0 Å². The molecular weight excluding hydrogens is 186 g/mol. The summed E-state index contributed by atoms with van der Waals surface area (Å²) in [5, 5.41) is 0. The maximum absolute atomic E-state index is 11.0. The fourth-order valence-corrected chi connectivity index (χ4v) is 1.81. The van der Waals surface area contributed by atoms with Crippen molar-refractivity contribution in [2.75, 3.05) is 4.31 Å². The Balaban J connectivity index is 2.96. The maximum atomic E-state index is 11.0. The zero-order valence-electron chi connectivity index (χ0n) is 7.68. The molecule has 0 spiro atoms. The number of benzene rings is 1. The highest BCUT2D eigenvalue weighted by atomic mass is 32.2. The van der Waals surface area contributed by atoms with Crippen LogP contribution < -0.4 is 4.31 Å². The number of para-hydroxylation sites is 1. The second-order valence-corrected chi connectivity index (χ2v) is 3.84. The minimum absolute atomic E-state index is 0.00762. The van der Waals surface area contributed by atoms with Crippen LogP contribution in [-0.2, 0) is 11.3 Å². The average molecular weight is 199 g/mol. The Kier molecular flexibility index (Phi) is 3.45. The number of nitrogens with zero attached hydrogens (tertiary/aromatic N) is 1. The van der Waals surface area contributed by atoms with Crippen molar-refractivity contribution >= 4 is 17.0 Å². The minimum atomic E-state index is -1.95. The highest BCUT2D eigenvalue weighted by Crippen LogP contribution is 2.17. The van der Waals surface area contributed by atoms with Gasteiger partial charge in [0.25, 0.3) is 11.3 Å². The minimum Gasteiger partial charge on any atom is -0.289 e. The van der Waals surface area contributed by atoms with Gasteiger partial charge in [-0.05, 0) is 26.0 Å². The van der Waals surface area contributed by atoms with Crippen molar-refractivity contribution in [3.8, 4) is 0 Å². The Morgan fingerprint density at radius 1 is 1.31 bits per heavy atom. The van der Waals surface area contributed by atoms with E-state index < -0.39 is 11.3 Å². The van der Waals surface area contributed by atoms with Crippen molar-refractivity contribution in [3.05, 3.63) is 30.3 Å². The smallest absolute Gasteiger partial charge is 0.262 e. The lowest BCUT2D eigenvalue weighted by molar-refractivity contribution is 0.552. The normalized spacial score (nSPS) is 12.9. The molecule has 1 unspecified atom stereocenters. The van der Waals surface area contributed by atoms with E-state index in [0.29, 0.717) is 0 Å². The summed E-state index contributed by atoms with van der Waals surface area (Å²) < 4.78 is 21.5. The van der Waals surface area contributed by atoms with Gasteiger partial charge in [0.2, 0.25) is 0 Å². The van der Waals surface area contributed by atoms with E-state index in [2.05, 4.69) is 0 Å². The van der Waals surface area contributed by atoms with Crippen molar-refractivity contribution in [2.45, 2.75) is 19.9 Å². The first kappa shape index (κ1) is 10.2. The van der Waals surface area contributed by atoms with Gasteiger partial charge in [-0.1, -0.05) is 18.2 Å². The third-order valence-electron chi connectivity index (χ3n) is 1.65. The molecule has 1 aromatic rings. The van der Waals surface area contributed by atoms with E-state index in [9.17, 15) is 4.21 Å². The molecule has 1 rings (SSSR count). The van der Waals surface area contributed by atoms with E-state index in [1.165, 1.54) is 4.31 Å². The van der Waals surface area contributed by atoms with Gasteiger partial charge in [-0.25, -0.2) is 4.21 Å². The lowest BCUT2D eigenvalue weighted by Crippen LogP contribution is -2.32. The van der Waals surface area contributed by atoms with Gasteiger partial charge in [-0.3, -0.25) is 8.86 Å². The van der Waals surface area contributed by atoms with E-state index in [0.717, 1.165) is 5.69 Å². The molecule has 13 heavy (non-hydrogen) atoms. The van der Waals surface area contributed by atoms with Gasteiger partial charge in [-0.15, -0.1) is 0 Å². The predicted octanol–water partition coefficient (Wildman–Crippen LogP) is 2.04. The lowest BCUT2D eigenvalue weighted by Gasteiger charge is -2.23. The van der Waals surface area contributed by atoms with Crippen molar-refractivity contribution in [1.29, 1.82) is 0 Å². The topological polar surface area (TPSA) is 40.5 Å². The Hall–Kier alpha value is -0.870. The molecule has 0 bridgehead atoms. The predicted molar refractivity (Wildman–Crippen MR) is 54.8 cm³/mol. The summed E-state index contributed by atoms with van der Waals surface area (Å²) in [6.07, 6.45) is 0. The lowest BCUT2D eigenvalue weighted by atomic mass is 10.3. The Morgan fingerprint density at radius 2 is 1.85 bits per heavy atom. The molecule has 0 radical (unpaired) electrons. The molecule has 0 saturated carbocycles. The average Bonchev–Trinajstić information content (AvgIpc) is 2.04. The standard InChI is InChI=1S/C9H13NO2S/c1-8(2)10(13(11)12)9-6-4-3-5-7-9/h3-8H,1-2H3,(H,11,12). The first-order valence-corrected chi connectivity index (χ1v) is 5.14. The maximum Gasteiger partial charge on any atom is 0.262 e. The number of hydrogen-bond acceptors (Lipinski definition) is 1. The Bertz CT molecular complexity index is 287. The van der Waals surface area contributed by atoms with Crippen molar-refractivity contribution in [1.82, 2.24) is 0 Å². The SMILES string of the molecule is CC(C)N(c1ccccc1)S(=O)O. The summed E-state index contributed by atoms with van der Waals surface area (Å²) in [5.74, 6) is 0. The van der Waals surface area contributed by atoms with Crippen LogP contribution in [0.4, 0.5) is 5.69 Å². The molecule has 1 atom stereocenters. The highest BCUT2D eigenvalue weighted by Gasteiger charge is 2.14. The summed E-state index contributed by atoms with van der Waals surface area (Å²) in [6, 6.07) is 9.20. The zero-order chi connectivity index (χ0) is 9.84. The van der Waals surface area contributed by atoms with Crippen LogP contribution in [0.3, 0.4) is 0 Å². The molecule has 0 saturated heterocycles. The molecule has 3 nitrogen and oxygen atoms in total. The van der Waals surface area contributed by atoms with Gasteiger partial charge in [0.05, 0.1) is 5.69 Å². The van der Waals surface area contributed by atoms with E-state index in [1.807, 2.05) is 44.2 Å². The summed E-state index contributed by atoms with van der Waals surface area (Å²) in [4.78, 5) is 0. The largest absolute Gasteiger partial charge is 0.289 e. The summed E-state index contributed by atoms with van der Waals surface area (Å²) in [5.41, 5.74) is 0.762. The molecule has 0 aliphatic rings. The van der Waals surface area contributed by atoms with E-state index in [4.69, 9.17) is 4.55 Å². The molecule has 0 fully saturated rings. The van der Waals surface area contributed by atoms with E-state index in [-0.39, 0.29) is 6.04 Å². The van der Waals surface area contributed by atoms with Crippen LogP contribution in [0.25, 0.3) is 0 Å². The third-order valence-corrected chi connectivity index (χ3v) is 2.62. The van der Waals surface area contributed by atoms with Gasteiger partial charge in [0, 0.05) is 6.04 Å². The van der Waals surface area contributed by atoms with Crippen LogP contribution in [-0.4, -0.2) is 14.8 Å². The van der Waals surface area contributed by atoms with E-state index in [1.54, 1.807) is 0 Å². The molecule has 0 aromatic heterocycles. The van der Waals surface area contributed by atoms with Crippen LogP contribution in [0.1, 0.15) is 13.8 Å². The molecule has 0 aliphatic carbocycles. The van der Waals surface area contributed by atoms with Crippen LogP contribution in [0.5, 0.6) is 0 Å². The fraction of sp³-hybridized carbons (Fsp3) is 0.333. The molecule has 72 valence electrons. The van der Waals surface area contributed by atoms with Crippen LogP contribution in [0, 0.1) is 0 Å². The molecule has 1 N–H and O–H groups in total. The molecule has 1 aromatic carbocycles. The van der Waals surface area contributed by atoms with Gasteiger partial charge in [0.15, 0.2) is 0 Å². The van der Waals surface area contributed by atoms with Gasteiger partial charge < -0.3 is 0 Å². The molecule has 4 heteroatoms. The van der Waals surface area contributed by atoms with Crippen molar-refractivity contribution in [2.24, 2.45) is 0 Å². The Morgan fingerprint density at radius 3 is 2.23 bits per heavy atom. The second-order valence-electron chi connectivity index (χ2n) is 2.99. The molecular formula is C9H13NO2S. The fourth-order valence-electron chi connectivity index (χ4n) is 1.14. The van der Waals surface area contributed by atoms with Gasteiger partial charge in [0.1, 0.15) is 0 Å². The third kappa shape index (κ3) is 2.54. The van der Waals surface area contributed by atoms with Crippen LogP contribution in [0.2, 0.25) is 0 Å². The number of hydrogen-bond donors (Lipinski definition) is 1. The van der Waals surface area contributed by atoms with Gasteiger partial charge >= 0.3 is 0 Å². The van der Waals surface area contributed by atoms with Crippen LogP contribution in [0.15, 0.2) is 30.3 Å².